The van der Waals surface area contributed by atoms with Gasteiger partial charge >= 0.3 is 0 Å². The Hall–Kier alpha value is -3.22. The molecule has 32 heavy (non-hydrogen) atoms. The number of thiophene rings is 1. The summed E-state index contributed by atoms with van der Waals surface area (Å²) in [7, 11) is 0. The third-order valence-electron chi connectivity index (χ3n) is 5.52. The van der Waals surface area contributed by atoms with Crippen LogP contribution in [0.15, 0.2) is 85.1 Å². The van der Waals surface area contributed by atoms with Crippen LogP contribution in [0.2, 0.25) is 0 Å². The van der Waals surface area contributed by atoms with Gasteiger partial charge in [-0.25, -0.2) is 0 Å². The Morgan fingerprint density at radius 1 is 0.906 bits per heavy atom. The molecule has 0 saturated carbocycles. The fourth-order valence-electron chi connectivity index (χ4n) is 3.95. The van der Waals surface area contributed by atoms with Gasteiger partial charge in [0.1, 0.15) is 11.5 Å². The Morgan fingerprint density at radius 3 is 2.25 bits per heavy atom. The van der Waals surface area contributed by atoms with Crippen LogP contribution in [0, 0.1) is 13.8 Å². The summed E-state index contributed by atoms with van der Waals surface area (Å²) in [6.07, 6.45) is 1.83. The highest BCUT2D eigenvalue weighted by molar-refractivity contribution is 7.80. The van der Waals surface area contributed by atoms with E-state index in [2.05, 4.69) is 59.4 Å². The van der Waals surface area contributed by atoms with Crippen molar-refractivity contribution in [1.82, 2.24) is 10.3 Å². The number of aryl methyl sites for hydroxylation is 2. The highest BCUT2D eigenvalue weighted by Gasteiger charge is 2.41. The first kappa shape index (κ1) is 20.7. The lowest BCUT2D eigenvalue weighted by molar-refractivity contribution is 0.482. The molecule has 4 nitrogen and oxygen atoms in total. The van der Waals surface area contributed by atoms with Gasteiger partial charge in [0.2, 0.25) is 0 Å². The van der Waals surface area contributed by atoms with Gasteiger partial charge in [-0.1, -0.05) is 23.8 Å². The number of nitrogens with zero attached hydrogens (tertiary/aromatic N) is 2. The number of hydrogen-bond donors (Lipinski definition) is 1. The Labute approximate surface area is 197 Å². The van der Waals surface area contributed by atoms with E-state index in [1.165, 1.54) is 15.3 Å². The van der Waals surface area contributed by atoms with Crippen LogP contribution in [-0.2, 0) is 0 Å². The largest absolute Gasteiger partial charge is 0.457 e. The predicted molar refractivity (Wildman–Crippen MR) is 135 cm³/mol. The number of aromatic nitrogens is 1. The van der Waals surface area contributed by atoms with Crippen molar-refractivity contribution in [1.29, 1.82) is 0 Å². The van der Waals surface area contributed by atoms with Gasteiger partial charge in [0.15, 0.2) is 5.11 Å². The van der Waals surface area contributed by atoms with Crippen molar-refractivity contribution < 1.29 is 4.74 Å². The van der Waals surface area contributed by atoms with Crippen LogP contribution in [0.1, 0.15) is 33.1 Å². The number of benzene rings is 2. The second-order valence-corrected chi connectivity index (χ2v) is 9.56. The second-order valence-electron chi connectivity index (χ2n) is 7.85. The summed E-state index contributed by atoms with van der Waals surface area (Å²) < 4.78 is 6.01. The topological polar surface area (TPSA) is 37.4 Å². The molecule has 1 saturated heterocycles. The molecule has 1 aliphatic rings. The van der Waals surface area contributed by atoms with Crippen LogP contribution in [0.5, 0.6) is 11.5 Å². The lowest BCUT2D eigenvalue weighted by atomic mass is 10.0. The number of ether oxygens (including phenoxy) is 1. The Bertz CT molecular complexity index is 1220. The zero-order valence-electron chi connectivity index (χ0n) is 17.9. The normalized spacial score (nSPS) is 17.9. The molecule has 0 aliphatic carbocycles. The predicted octanol–water partition coefficient (Wildman–Crippen LogP) is 6.73. The molecule has 1 aliphatic heterocycles. The molecule has 6 heteroatoms. The van der Waals surface area contributed by atoms with Gasteiger partial charge in [-0.15, -0.1) is 11.3 Å². The van der Waals surface area contributed by atoms with Gasteiger partial charge in [0, 0.05) is 21.6 Å². The number of hydrogen-bond acceptors (Lipinski definition) is 4. The monoisotopic (exact) mass is 457 g/mol. The molecule has 0 amide bonds. The van der Waals surface area contributed by atoms with Crippen LogP contribution in [-0.4, -0.2) is 10.1 Å². The molecule has 0 spiro atoms. The van der Waals surface area contributed by atoms with E-state index in [0.717, 1.165) is 22.9 Å². The van der Waals surface area contributed by atoms with Crippen molar-refractivity contribution in [2.24, 2.45) is 0 Å². The van der Waals surface area contributed by atoms with Gasteiger partial charge in [0.05, 0.1) is 17.8 Å². The minimum atomic E-state index is -0.0229. The van der Waals surface area contributed by atoms with E-state index < -0.39 is 0 Å². The van der Waals surface area contributed by atoms with Crippen molar-refractivity contribution >= 4 is 34.4 Å². The lowest BCUT2D eigenvalue weighted by Gasteiger charge is -2.27. The maximum atomic E-state index is 6.01. The first-order valence-electron chi connectivity index (χ1n) is 10.5. The minimum Gasteiger partial charge on any atom is -0.457 e. The van der Waals surface area contributed by atoms with E-state index in [1.807, 2.05) is 54.7 Å². The van der Waals surface area contributed by atoms with Gasteiger partial charge in [-0.05, 0) is 86.7 Å². The maximum absolute atomic E-state index is 6.01. The summed E-state index contributed by atoms with van der Waals surface area (Å²) in [5.74, 6) is 1.62. The van der Waals surface area contributed by atoms with Crippen LogP contribution in [0.4, 0.5) is 5.69 Å². The molecule has 0 unspecified atom stereocenters. The van der Waals surface area contributed by atoms with E-state index >= 15 is 0 Å². The third kappa shape index (κ3) is 4.11. The van der Waals surface area contributed by atoms with Gasteiger partial charge < -0.3 is 15.0 Å². The quantitative estimate of drug-likeness (QED) is 0.336. The van der Waals surface area contributed by atoms with E-state index in [1.54, 1.807) is 11.3 Å². The first-order chi connectivity index (χ1) is 15.6. The molecule has 1 fully saturated rings. The highest BCUT2D eigenvalue weighted by atomic mass is 32.1. The van der Waals surface area contributed by atoms with Crippen molar-refractivity contribution in [3.63, 3.8) is 0 Å². The zero-order valence-corrected chi connectivity index (χ0v) is 19.5. The molecule has 2 aromatic heterocycles. The second kappa shape index (κ2) is 8.73. The average molecular weight is 458 g/mol. The number of anilines is 1. The number of thiocarbonyl (C=S) groups is 1. The molecule has 0 radical (unpaired) electrons. The summed E-state index contributed by atoms with van der Waals surface area (Å²) in [5.41, 5.74) is 3.21. The van der Waals surface area contributed by atoms with E-state index in [-0.39, 0.29) is 12.1 Å². The standard InChI is InChI=1S/C26H23N3OS2/c1-17-6-11-20(12-7-17)30-21-13-9-19(10-14-21)29-25(23-15-8-18(2)32-23)24(28-26(29)31)22-5-3-4-16-27-22/h3-16,24-25H,1-2H3,(H,28,31)/t24-,25+/m1/s1. The fourth-order valence-corrected chi connectivity index (χ4v) is 5.30. The van der Waals surface area contributed by atoms with Crippen molar-refractivity contribution in [2.45, 2.75) is 25.9 Å². The zero-order chi connectivity index (χ0) is 22.1. The SMILES string of the molecule is Cc1ccc(Oc2ccc(N3C(=S)N[C@H](c4ccccn4)[C@@H]3c3ccc(C)s3)cc2)cc1. The molecular formula is C26H23N3OS2. The van der Waals surface area contributed by atoms with Crippen LogP contribution >= 0.6 is 23.6 Å². The third-order valence-corrected chi connectivity index (χ3v) is 6.91. The van der Waals surface area contributed by atoms with Crippen molar-refractivity contribution in [2.75, 3.05) is 4.90 Å². The van der Waals surface area contributed by atoms with Crippen molar-refractivity contribution in [3.8, 4) is 11.5 Å². The molecule has 5 rings (SSSR count). The summed E-state index contributed by atoms with van der Waals surface area (Å²) in [6.45, 7) is 4.20. The first-order valence-corrected chi connectivity index (χ1v) is 11.7. The smallest absolute Gasteiger partial charge is 0.174 e. The number of pyridine rings is 1. The van der Waals surface area contributed by atoms with Gasteiger partial charge in [-0.3, -0.25) is 4.98 Å². The summed E-state index contributed by atoms with van der Waals surface area (Å²) >= 11 is 7.59. The summed E-state index contributed by atoms with van der Waals surface area (Å²) in [4.78, 5) is 9.33. The average Bonchev–Trinajstić information content (AvgIpc) is 3.39. The Kier molecular flexibility index (Phi) is 5.64. The Morgan fingerprint density at radius 2 is 1.62 bits per heavy atom. The molecule has 160 valence electrons. The van der Waals surface area contributed by atoms with Crippen LogP contribution < -0.4 is 15.0 Å². The van der Waals surface area contributed by atoms with Crippen LogP contribution in [0.25, 0.3) is 0 Å². The summed E-state index contributed by atoms with van der Waals surface area (Å²) in [5, 5.41) is 4.20. The van der Waals surface area contributed by atoms with Gasteiger partial charge in [-0.2, -0.15) is 0 Å². The molecule has 3 heterocycles. The summed E-state index contributed by atoms with van der Waals surface area (Å²) in [6, 6.07) is 26.5. The lowest BCUT2D eigenvalue weighted by Crippen LogP contribution is -2.28. The molecular weight excluding hydrogens is 434 g/mol. The number of rotatable bonds is 5. The minimum absolute atomic E-state index is 0.0229. The highest BCUT2D eigenvalue weighted by Crippen LogP contribution is 2.43. The van der Waals surface area contributed by atoms with E-state index in [9.17, 15) is 0 Å². The molecule has 2 aromatic carbocycles. The van der Waals surface area contributed by atoms with E-state index in [0.29, 0.717) is 5.11 Å². The fraction of sp³-hybridized carbons (Fsp3) is 0.154. The maximum Gasteiger partial charge on any atom is 0.174 e. The van der Waals surface area contributed by atoms with Crippen LogP contribution in [0.3, 0.4) is 0 Å². The molecule has 4 aromatic rings. The van der Waals surface area contributed by atoms with Crippen molar-refractivity contribution in [3.05, 3.63) is 106 Å². The number of nitrogens with one attached hydrogen (secondary N) is 1. The Balaban J connectivity index is 1.46. The van der Waals surface area contributed by atoms with Gasteiger partial charge in [0.25, 0.3) is 0 Å². The van der Waals surface area contributed by atoms with E-state index in [4.69, 9.17) is 17.0 Å². The molecule has 2 atom stereocenters. The molecule has 0 bridgehead atoms. The molecule has 1 N–H and O–H groups in total.